The average molecular weight is 887 g/mol. The van der Waals surface area contributed by atoms with Gasteiger partial charge in [0.2, 0.25) is 47.3 Å². The minimum atomic E-state index is -1.68. The number of aliphatic hydroxyl groups excluding tert-OH is 1. The monoisotopic (exact) mass is 886 g/mol. The number of hydrogen-bond acceptors (Lipinski definition) is 13. The molecule has 2 aliphatic rings. The Labute approximate surface area is 357 Å². The highest BCUT2D eigenvalue weighted by Gasteiger charge is 2.42. The number of rotatable bonds is 29. The molecule has 344 valence electrons. The Morgan fingerprint density at radius 2 is 1.48 bits per heavy atom. The van der Waals surface area contributed by atoms with Crippen molar-refractivity contribution in [3.63, 3.8) is 0 Å². The van der Waals surface area contributed by atoms with Crippen LogP contribution < -0.4 is 53.7 Å². The van der Waals surface area contributed by atoms with E-state index in [1.165, 1.54) is 5.48 Å². The first-order chi connectivity index (χ1) is 28.8. The number of thioether (sulfide) groups is 1. The fraction of sp³-hybridized carbons (Fsp3) is 0.730. The minimum Gasteiger partial charge on any atom is -0.481 e. The van der Waals surface area contributed by atoms with E-state index < -0.39 is 110 Å². The molecule has 0 aromatic rings. The van der Waals surface area contributed by atoms with Crippen LogP contribution in [0.1, 0.15) is 91.4 Å². The number of carbonyl (C=O) groups is 10. The van der Waals surface area contributed by atoms with Gasteiger partial charge >= 0.3 is 12.0 Å². The van der Waals surface area contributed by atoms with Crippen LogP contribution in [-0.2, 0) is 43.2 Å². The maximum atomic E-state index is 13.2. The number of nitrogens with two attached hydrogens (primary N) is 1. The average Bonchev–Trinajstić information content (AvgIpc) is 3.75. The third-order valence-electron chi connectivity index (χ3n) is 9.90. The number of carbonyl (C=O) groups excluding carboxylic acids is 9. The van der Waals surface area contributed by atoms with Crippen molar-refractivity contribution >= 4 is 71.0 Å². The Morgan fingerprint density at radius 3 is 2.11 bits per heavy atom. The zero-order valence-corrected chi connectivity index (χ0v) is 35.5. The molecule has 0 radical (unpaired) electrons. The lowest BCUT2D eigenvalue weighted by Crippen LogP contribution is -2.58. The lowest BCUT2D eigenvalue weighted by Gasteiger charge is -2.26. The molecule has 61 heavy (non-hydrogen) atoms. The highest BCUT2D eigenvalue weighted by atomic mass is 32.2. The van der Waals surface area contributed by atoms with Gasteiger partial charge in [-0.25, -0.2) is 10.3 Å². The number of carboxylic acids is 1. The van der Waals surface area contributed by atoms with Crippen LogP contribution in [0.2, 0.25) is 0 Å². The maximum Gasteiger partial charge on any atom is 0.315 e. The van der Waals surface area contributed by atoms with Gasteiger partial charge < -0.3 is 58.5 Å². The quantitative estimate of drug-likeness (QED) is 0.0154. The molecule has 2 fully saturated rings. The Kier molecular flexibility index (Phi) is 22.9. The van der Waals surface area contributed by atoms with Gasteiger partial charge in [-0.15, -0.1) is 0 Å². The van der Waals surface area contributed by atoms with E-state index >= 15 is 0 Å². The molecule has 0 aromatic heterocycles. The molecule has 0 bridgehead atoms. The molecule has 2 aliphatic heterocycles. The van der Waals surface area contributed by atoms with E-state index in [4.69, 9.17) is 10.9 Å². The highest BCUT2D eigenvalue weighted by molar-refractivity contribution is 8.00. The molecule has 8 atom stereocenters. The van der Waals surface area contributed by atoms with E-state index in [9.17, 15) is 58.2 Å². The molecule has 0 spiro atoms. The number of carboxylic acid groups (broad SMARTS) is 1. The van der Waals surface area contributed by atoms with Gasteiger partial charge in [0.1, 0.15) is 18.1 Å². The van der Waals surface area contributed by atoms with Gasteiger partial charge in [0, 0.05) is 42.7 Å². The summed E-state index contributed by atoms with van der Waals surface area (Å²) in [6, 6.07) is -4.11. The Bertz CT molecular complexity index is 1570. The fourth-order valence-electron chi connectivity index (χ4n) is 6.72. The standard InChI is InChI=1S/C37H62N10O13S/c1-19(2)14-21(15-27(50)47-60)34(56)43-23(11-12-30(53)54)35(57)45-31(20(3)48)36(58)41-16-28(51)40-17-29(52)42-22(33(38)55)8-6-7-13-39-26(49)10-5-4-9-25-32-24(18-61-25)44-37(59)46-32/h19-25,31-32,48,60H,4-18H2,1-3H3,(H2,38,55)(H,39,49)(H,40,51)(H,41,58)(H,42,52)(H,43,56)(H,45,57)(H,47,50)(H,53,54)(H2,44,46,59)/t20-,21?,22+,23+,24+,25+,31+,32+/m1/s1. The molecule has 10 amide bonds. The molecule has 2 heterocycles. The number of hydroxylamine groups is 1. The maximum absolute atomic E-state index is 13.2. The van der Waals surface area contributed by atoms with Gasteiger partial charge in [0.25, 0.3) is 0 Å². The summed E-state index contributed by atoms with van der Waals surface area (Å²) < 4.78 is 0. The van der Waals surface area contributed by atoms with Gasteiger partial charge in [-0.2, -0.15) is 11.8 Å². The SMILES string of the molecule is CC(C)CC(CC(=O)NO)C(=O)N[C@@H](CCC(=O)O)C(=O)N[C@H](C(=O)NCC(=O)NCC(=O)N[C@@H](CCCCNC(=O)CCCC[C@@H]1SC[C@@H]2NC(=O)N[C@@H]21)C(N)=O)[C@@H](C)O. The lowest BCUT2D eigenvalue weighted by atomic mass is 9.92. The molecule has 0 aliphatic carbocycles. The van der Waals surface area contributed by atoms with Crippen LogP contribution in [0.3, 0.4) is 0 Å². The first-order valence-electron chi connectivity index (χ1n) is 20.3. The summed E-state index contributed by atoms with van der Waals surface area (Å²) in [6.45, 7) is 3.75. The van der Waals surface area contributed by atoms with Crippen LogP contribution in [0.15, 0.2) is 0 Å². The second-order valence-corrected chi connectivity index (χ2v) is 16.8. The molecule has 1 unspecified atom stereocenters. The molecule has 24 heteroatoms. The summed E-state index contributed by atoms with van der Waals surface area (Å²) in [5.41, 5.74) is 6.87. The van der Waals surface area contributed by atoms with Gasteiger partial charge in [-0.1, -0.05) is 20.3 Å². The zero-order valence-electron chi connectivity index (χ0n) is 34.7. The lowest BCUT2D eigenvalue weighted by molar-refractivity contribution is -0.139. The van der Waals surface area contributed by atoms with Crippen LogP contribution in [0.4, 0.5) is 4.79 Å². The number of nitrogens with one attached hydrogen (secondary N) is 9. The Morgan fingerprint density at radius 1 is 0.770 bits per heavy atom. The van der Waals surface area contributed by atoms with Crippen LogP contribution in [0.25, 0.3) is 0 Å². The summed E-state index contributed by atoms with van der Waals surface area (Å²) in [5.74, 6) is -7.77. The van der Waals surface area contributed by atoms with Crippen molar-refractivity contribution in [1.29, 1.82) is 0 Å². The van der Waals surface area contributed by atoms with E-state index in [0.717, 1.165) is 25.5 Å². The smallest absolute Gasteiger partial charge is 0.315 e. The molecular weight excluding hydrogens is 825 g/mol. The number of hydrogen-bond donors (Lipinski definition) is 13. The number of aliphatic carboxylic acids is 1. The van der Waals surface area contributed by atoms with E-state index in [0.29, 0.717) is 37.5 Å². The second kappa shape index (κ2) is 26.9. The van der Waals surface area contributed by atoms with Crippen molar-refractivity contribution in [2.45, 2.75) is 133 Å². The fourth-order valence-corrected chi connectivity index (χ4v) is 8.26. The highest BCUT2D eigenvalue weighted by Crippen LogP contribution is 2.33. The molecule has 0 saturated carbocycles. The number of urea groups is 1. The van der Waals surface area contributed by atoms with Gasteiger partial charge in [-0.05, 0) is 57.8 Å². The molecule has 14 N–H and O–H groups in total. The molecule has 2 rings (SSSR count). The summed E-state index contributed by atoms with van der Waals surface area (Å²) in [6.07, 6.45) is 1.12. The number of amides is 10. The van der Waals surface area contributed by atoms with E-state index in [-0.39, 0.29) is 42.8 Å². The van der Waals surface area contributed by atoms with E-state index in [1.54, 1.807) is 13.8 Å². The minimum absolute atomic E-state index is 0.0840. The third-order valence-corrected chi connectivity index (χ3v) is 11.4. The van der Waals surface area contributed by atoms with Crippen LogP contribution in [0.5, 0.6) is 0 Å². The van der Waals surface area contributed by atoms with Crippen molar-refractivity contribution in [3.8, 4) is 0 Å². The van der Waals surface area contributed by atoms with Crippen molar-refractivity contribution in [1.82, 2.24) is 48.0 Å². The topological polar surface area (TPSA) is 366 Å². The van der Waals surface area contributed by atoms with Crippen molar-refractivity contribution in [2.24, 2.45) is 17.6 Å². The first kappa shape index (κ1) is 51.9. The van der Waals surface area contributed by atoms with Crippen LogP contribution >= 0.6 is 11.8 Å². The number of primary amides is 1. The molecule has 23 nitrogen and oxygen atoms in total. The predicted molar refractivity (Wildman–Crippen MR) is 218 cm³/mol. The molecular formula is C37H62N10O13S. The van der Waals surface area contributed by atoms with Crippen molar-refractivity contribution in [3.05, 3.63) is 0 Å². The third kappa shape index (κ3) is 19.8. The largest absolute Gasteiger partial charge is 0.481 e. The van der Waals surface area contributed by atoms with E-state index in [1.807, 2.05) is 11.8 Å². The number of aliphatic hydroxyl groups is 1. The summed E-state index contributed by atoms with van der Waals surface area (Å²) in [4.78, 5) is 123. The van der Waals surface area contributed by atoms with Crippen LogP contribution in [-0.4, -0.2) is 142 Å². The van der Waals surface area contributed by atoms with Crippen molar-refractivity contribution < 1.29 is 63.4 Å². The summed E-state index contributed by atoms with van der Waals surface area (Å²) in [7, 11) is 0. The van der Waals surface area contributed by atoms with Gasteiger partial charge in [0.05, 0.1) is 31.3 Å². The number of fused-ring (bicyclic) bond motifs is 1. The first-order valence-corrected chi connectivity index (χ1v) is 21.4. The Balaban J connectivity index is 1.75. The molecule has 2 saturated heterocycles. The van der Waals surface area contributed by atoms with Crippen molar-refractivity contribution in [2.75, 3.05) is 25.4 Å². The number of unbranched alkanes of at least 4 members (excludes halogenated alkanes) is 2. The van der Waals surface area contributed by atoms with Gasteiger partial charge in [-0.3, -0.25) is 48.4 Å². The van der Waals surface area contributed by atoms with E-state index in [2.05, 4.69) is 42.5 Å². The normalized spacial score (nSPS) is 19.0. The predicted octanol–water partition coefficient (Wildman–Crippen LogP) is -3.03. The van der Waals surface area contributed by atoms with Gasteiger partial charge in [0.15, 0.2) is 0 Å². The summed E-state index contributed by atoms with van der Waals surface area (Å²) in [5, 5.41) is 48.9. The zero-order chi connectivity index (χ0) is 45.6. The molecule has 0 aromatic carbocycles. The Hall–Kier alpha value is -5.23. The summed E-state index contributed by atoms with van der Waals surface area (Å²) >= 11 is 1.82. The second-order valence-electron chi connectivity index (χ2n) is 15.5. The van der Waals surface area contributed by atoms with Crippen LogP contribution in [0, 0.1) is 11.8 Å².